The zero-order valence-electron chi connectivity index (χ0n) is 8.01. The van der Waals surface area contributed by atoms with Crippen LogP contribution in [0.1, 0.15) is 6.42 Å². The van der Waals surface area contributed by atoms with Gasteiger partial charge >= 0.3 is 0 Å². The highest BCUT2D eigenvalue weighted by Gasteiger charge is 2.59. The first-order valence-electron chi connectivity index (χ1n) is 4.92. The first-order chi connectivity index (χ1) is 7.18. The van der Waals surface area contributed by atoms with Crippen molar-refractivity contribution in [2.24, 2.45) is 11.8 Å². The summed E-state index contributed by atoms with van der Waals surface area (Å²) in [7, 11) is 0. The summed E-state index contributed by atoms with van der Waals surface area (Å²) in [6.45, 7) is 0. The number of fused-ring (bicyclic) bond motifs is 1. The molecule has 1 saturated carbocycles. The standard InChI is InChI=1S/C11H10N2O2/c12-6-1-3-7(4-2-6)13-10(14)8-5-9(8)11(13)15/h1-4,8-9H,5,12H2. The van der Waals surface area contributed by atoms with Crippen LogP contribution >= 0.6 is 0 Å². The van der Waals surface area contributed by atoms with Crippen LogP contribution in [-0.2, 0) is 9.59 Å². The van der Waals surface area contributed by atoms with Gasteiger partial charge in [-0.2, -0.15) is 0 Å². The molecule has 0 spiro atoms. The lowest BCUT2D eigenvalue weighted by atomic mass is 10.2. The molecule has 2 unspecified atom stereocenters. The molecule has 2 aliphatic rings. The predicted octanol–water partition coefficient (Wildman–Crippen LogP) is 0.778. The summed E-state index contributed by atoms with van der Waals surface area (Å²) in [6, 6.07) is 6.80. The molecule has 0 radical (unpaired) electrons. The number of hydrogen-bond donors (Lipinski definition) is 1. The largest absolute Gasteiger partial charge is 0.399 e. The zero-order chi connectivity index (χ0) is 10.6. The Morgan fingerprint density at radius 2 is 1.60 bits per heavy atom. The van der Waals surface area contributed by atoms with Crippen LogP contribution in [0.4, 0.5) is 11.4 Å². The lowest BCUT2D eigenvalue weighted by Crippen LogP contribution is -2.32. The van der Waals surface area contributed by atoms with Gasteiger partial charge in [0.25, 0.3) is 0 Å². The first kappa shape index (κ1) is 8.47. The number of nitrogens with zero attached hydrogens (tertiary/aromatic N) is 1. The Morgan fingerprint density at radius 1 is 1.07 bits per heavy atom. The Hall–Kier alpha value is -1.84. The van der Waals surface area contributed by atoms with Gasteiger partial charge in [0.15, 0.2) is 0 Å². The molecule has 3 rings (SSSR count). The lowest BCUT2D eigenvalue weighted by Gasteiger charge is -2.16. The van der Waals surface area contributed by atoms with Gasteiger partial charge in [0.2, 0.25) is 11.8 Å². The van der Waals surface area contributed by atoms with Gasteiger partial charge in [-0.1, -0.05) is 0 Å². The fourth-order valence-corrected chi connectivity index (χ4v) is 2.06. The van der Waals surface area contributed by atoms with Gasteiger partial charge in [0.05, 0.1) is 17.5 Å². The molecule has 0 aromatic heterocycles. The van der Waals surface area contributed by atoms with Gasteiger partial charge in [0.1, 0.15) is 0 Å². The van der Waals surface area contributed by atoms with Crippen molar-refractivity contribution in [1.29, 1.82) is 0 Å². The van der Waals surface area contributed by atoms with E-state index >= 15 is 0 Å². The number of carbonyl (C=O) groups excluding carboxylic acids is 2. The average molecular weight is 202 g/mol. The Morgan fingerprint density at radius 3 is 2.13 bits per heavy atom. The Kier molecular flexibility index (Phi) is 1.46. The van der Waals surface area contributed by atoms with Gasteiger partial charge in [-0.15, -0.1) is 0 Å². The molecule has 4 heteroatoms. The van der Waals surface area contributed by atoms with Crippen molar-refractivity contribution in [3.05, 3.63) is 24.3 Å². The second kappa shape index (κ2) is 2.59. The molecule has 1 aromatic rings. The maximum atomic E-state index is 11.7. The summed E-state index contributed by atoms with van der Waals surface area (Å²) in [6.07, 6.45) is 0.739. The second-order valence-corrected chi connectivity index (χ2v) is 4.05. The van der Waals surface area contributed by atoms with Crippen molar-refractivity contribution < 1.29 is 9.59 Å². The summed E-state index contributed by atoms with van der Waals surface area (Å²) in [5.41, 5.74) is 6.80. The van der Waals surface area contributed by atoms with Gasteiger partial charge in [-0.05, 0) is 30.7 Å². The van der Waals surface area contributed by atoms with Gasteiger partial charge in [-0.25, -0.2) is 0 Å². The Bertz CT molecular complexity index is 432. The smallest absolute Gasteiger partial charge is 0.237 e. The number of benzene rings is 1. The molecule has 2 N–H and O–H groups in total. The van der Waals surface area contributed by atoms with Gasteiger partial charge in [-0.3, -0.25) is 14.5 Å². The van der Waals surface area contributed by atoms with Crippen LogP contribution in [0.2, 0.25) is 0 Å². The normalized spacial score (nSPS) is 28.1. The van der Waals surface area contributed by atoms with Crippen molar-refractivity contribution in [3.8, 4) is 0 Å². The molecule has 0 bridgehead atoms. The fraction of sp³-hybridized carbons (Fsp3) is 0.273. The van der Waals surface area contributed by atoms with Gasteiger partial charge < -0.3 is 5.73 Å². The van der Waals surface area contributed by atoms with E-state index in [-0.39, 0.29) is 23.7 Å². The van der Waals surface area contributed by atoms with E-state index in [0.717, 1.165) is 6.42 Å². The molecule has 1 heterocycles. The third kappa shape index (κ3) is 1.08. The minimum Gasteiger partial charge on any atom is -0.399 e. The summed E-state index contributed by atoms with van der Waals surface area (Å²) in [5, 5.41) is 0. The third-order valence-electron chi connectivity index (χ3n) is 3.02. The van der Waals surface area contributed by atoms with Crippen molar-refractivity contribution in [2.75, 3.05) is 10.6 Å². The molecule has 1 aromatic carbocycles. The molecule has 1 aliphatic carbocycles. The third-order valence-corrected chi connectivity index (χ3v) is 3.02. The summed E-state index contributed by atoms with van der Waals surface area (Å²) in [5.74, 6) is -0.213. The summed E-state index contributed by atoms with van der Waals surface area (Å²) >= 11 is 0. The first-order valence-corrected chi connectivity index (χ1v) is 4.92. The van der Waals surface area contributed by atoms with E-state index in [9.17, 15) is 9.59 Å². The number of anilines is 2. The highest BCUT2D eigenvalue weighted by molar-refractivity contribution is 6.24. The van der Waals surface area contributed by atoms with Crippen LogP contribution < -0.4 is 10.6 Å². The number of piperidine rings is 1. The number of imide groups is 1. The fourth-order valence-electron chi connectivity index (χ4n) is 2.06. The van der Waals surface area contributed by atoms with E-state index in [1.54, 1.807) is 24.3 Å². The van der Waals surface area contributed by atoms with Crippen molar-refractivity contribution in [1.82, 2.24) is 0 Å². The highest BCUT2D eigenvalue weighted by Crippen LogP contribution is 2.48. The maximum absolute atomic E-state index is 11.7. The van der Waals surface area contributed by atoms with Crippen LogP contribution in [0.15, 0.2) is 24.3 Å². The minimum absolute atomic E-state index is 0.0462. The van der Waals surface area contributed by atoms with Crippen LogP contribution in [0.25, 0.3) is 0 Å². The van der Waals surface area contributed by atoms with Crippen molar-refractivity contribution in [3.63, 3.8) is 0 Å². The van der Waals surface area contributed by atoms with Crippen molar-refractivity contribution in [2.45, 2.75) is 6.42 Å². The minimum atomic E-state index is -0.0604. The average Bonchev–Trinajstić information content (AvgIpc) is 2.96. The quantitative estimate of drug-likeness (QED) is 0.540. The van der Waals surface area contributed by atoms with Gasteiger partial charge in [0, 0.05) is 5.69 Å². The van der Waals surface area contributed by atoms with E-state index in [2.05, 4.69) is 0 Å². The number of carbonyl (C=O) groups is 2. The monoisotopic (exact) mass is 202 g/mol. The van der Waals surface area contributed by atoms with E-state index in [1.807, 2.05) is 0 Å². The second-order valence-electron chi connectivity index (χ2n) is 4.05. The molecular formula is C11H10N2O2. The number of hydrogen-bond acceptors (Lipinski definition) is 3. The molecule has 2 atom stereocenters. The Labute approximate surface area is 86.7 Å². The number of nitrogens with two attached hydrogens (primary N) is 1. The maximum Gasteiger partial charge on any atom is 0.237 e. The van der Waals surface area contributed by atoms with E-state index in [4.69, 9.17) is 5.73 Å². The lowest BCUT2D eigenvalue weighted by molar-refractivity contribution is -0.123. The molecule has 15 heavy (non-hydrogen) atoms. The van der Waals surface area contributed by atoms with Crippen LogP contribution in [0, 0.1) is 11.8 Å². The van der Waals surface area contributed by atoms with Crippen LogP contribution in [0.3, 0.4) is 0 Å². The molecule has 76 valence electrons. The SMILES string of the molecule is Nc1ccc(N2C(=O)C3CC3C2=O)cc1. The highest BCUT2D eigenvalue weighted by atomic mass is 16.2. The summed E-state index contributed by atoms with van der Waals surface area (Å²) in [4.78, 5) is 24.7. The molecule has 4 nitrogen and oxygen atoms in total. The summed E-state index contributed by atoms with van der Waals surface area (Å²) < 4.78 is 0. The topological polar surface area (TPSA) is 63.4 Å². The zero-order valence-corrected chi connectivity index (χ0v) is 8.01. The van der Waals surface area contributed by atoms with Crippen molar-refractivity contribution >= 4 is 23.2 Å². The molecule has 1 aliphatic heterocycles. The molecule has 1 saturated heterocycles. The van der Waals surface area contributed by atoms with Crippen LogP contribution in [0.5, 0.6) is 0 Å². The number of nitrogen functional groups attached to an aromatic ring is 1. The molecular weight excluding hydrogens is 192 g/mol. The predicted molar refractivity (Wildman–Crippen MR) is 54.9 cm³/mol. The number of amides is 2. The molecule has 2 fully saturated rings. The van der Waals surface area contributed by atoms with Crippen LogP contribution in [-0.4, -0.2) is 11.8 Å². The van der Waals surface area contributed by atoms with E-state index in [0.29, 0.717) is 11.4 Å². The molecule has 2 amide bonds. The van der Waals surface area contributed by atoms with E-state index in [1.165, 1.54) is 4.90 Å². The van der Waals surface area contributed by atoms with E-state index < -0.39 is 0 Å². The Balaban J connectivity index is 1.98. The number of rotatable bonds is 1.